The van der Waals surface area contributed by atoms with Gasteiger partial charge in [0.25, 0.3) is 5.89 Å². The van der Waals surface area contributed by atoms with Crippen molar-refractivity contribution >= 4 is 17.2 Å². The van der Waals surface area contributed by atoms with Gasteiger partial charge in [-0.25, -0.2) is 13.9 Å². The number of aryl methyl sites for hydroxylation is 2. The summed E-state index contributed by atoms with van der Waals surface area (Å²) in [5.74, 6) is 0.752. The molecule has 2 aromatic carbocycles. The zero-order valence-electron chi connectivity index (χ0n) is 19.3. The molecular weight excluding hydrogens is 448 g/mol. The van der Waals surface area contributed by atoms with Crippen LogP contribution in [0.1, 0.15) is 11.1 Å². The zero-order chi connectivity index (χ0) is 24.5. The Morgan fingerprint density at radius 2 is 1.86 bits per heavy atom. The molecule has 1 amide bonds. The van der Waals surface area contributed by atoms with E-state index in [1.807, 2.05) is 44.2 Å². The summed E-state index contributed by atoms with van der Waals surface area (Å²) in [4.78, 5) is 30.1. The smallest absolute Gasteiger partial charge is 0.350 e. The predicted molar refractivity (Wildman–Crippen MR) is 129 cm³/mol. The molecule has 3 heterocycles. The van der Waals surface area contributed by atoms with E-state index in [1.165, 1.54) is 11.5 Å². The molecule has 0 atom stereocenters. The number of pyridine rings is 1. The van der Waals surface area contributed by atoms with Crippen LogP contribution in [0, 0.1) is 13.8 Å². The maximum Gasteiger partial charge on any atom is 0.350 e. The number of nitrogens with zero attached hydrogens (tertiary/aromatic N) is 5. The minimum Gasteiger partial charge on any atom is -0.495 e. The number of hydrogen-bond acceptors (Lipinski definition) is 7. The number of hydrogen-bond donors (Lipinski definition) is 1. The Morgan fingerprint density at radius 1 is 1.09 bits per heavy atom. The highest BCUT2D eigenvalue weighted by Crippen LogP contribution is 2.26. The van der Waals surface area contributed by atoms with Crippen molar-refractivity contribution < 1.29 is 14.1 Å². The summed E-state index contributed by atoms with van der Waals surface area (Å²) < 4.78 is 13.2. The molecule has 0 unspecified atom stereocenters. The Balaban J connectivity index is 1.44. The average Bonchev–Trinajstić information content (AvgIpc) is 3.45. The third-order valence-corrected chi connectivity index (χ3v) is 5.50. The standard InChI is InChI=1S/C25H22N6O4/c1-15-6-9-17(10-7-15)22-27-24(35-29-22)18-5-4-12-30-23(18)28-31(25(30)33)14-21(32)26-19-13-16(2)8-11-20(19)34-3/h4-13H,14H2,1-3H3,(H,26,32). The molecule has 0 aliphatic heterocycles. The molecule has 10 heteroatoms. The molecule has 10 nitrogen and oxygen atoms in total. The fourth-order valence-electron chi connectivity index (χ4n) is 3.71. The number of benzene rings is 2. The lowest BCUT2D eigenvalue weighted by Crippen LogP contribution is -2.28. The van der Waals surface area contributed by atoms with Gasteiger partial charge in [0.1, 0.15) is 12.3 Å². The molecule has 0 fully saturated rings. The summed E-state index contributed by atoms with van der Waals surface area (Å²) in [7, 11) is 1.52. The lowest BCUT2D eigenvalue weighted by Gasteiger charge is -2.10. The number of rotatable bonds is 6. The molecule has 3 aromatic heterocycles. The summed E-state index contributed by atoms with van der Waals surface area (Å²) in [6.45, 7) is 3.62. The van der Waals surface area contributed by atoms with Gasteiger partial charge >= 0.3 is 5.69 Å². The van der Waals surface area contributed by atoms with Gasteiger partial charge in [-0.2, -0.15) is 4.98 Å². The van der Waals surface area contributed by atoms with Crippen LogP contribution in [0.5, 0.6) is 5.75 Å². The number of aromatic nitrogens is 5. The summed E-state index contributed by atoms with van der Waals surface area (Å²) in [5, 5.41) is 11.2. The number of amides is 1. The summed E-state index contributed by atoms with van der Waals surface area (Å²) in [5.41, 5.74) is 3.73. The first-order chi connectivity index (χ1) is 16.9. The van der Waals surface area contributed by atoms with E-state index in [-0.39, 0.29) is 12.4 Å². The van der Waals surface area contributed by atoms with E-state index >= 15 is 0 Å². The summed E-state index contributed by atoms with van der Waals surface area (Å²) in [6.07, 6.45) is 1.57. The fourth-order valence-corrected chi connectivity index (χ4v) is 3.71. The molecule has 35 heavy (non-hydrogen) atoms. The highest BCUT2D eigenvalue weighted by atomic mass is 16.5. The van der Waals surface area contributed by atoms with E-state index in [1.54, 1.807) is 30.5 Å². The van der Waals surface area contributed by atoms with Crippen molar-refractivity contribution in [2.24, 2.45) is 0 Å². The van der Waals surface area contributed by atoms with E-state index in [0.717, 1.165) is 21.4 Å². The molecule has 5 aromatic rings. The molecule has 0 aliphatic carbocycles. The van der Waals surface area contributed by atoms with Crippen LogP contribution in [0.15, 0.2) is 70.1 Å². The molecule has 0 saturated heterocycles. The predicted octanol–water partition coefficient (Wildman–Crippen LogP) is 3.48. The lowest BCUT2D eigenvalue weighted by atomic mass is 10.1. The highest BCUT2D eigenvalue weighted by molar-refractivity contribution is 5.92. The van der Waals surface area contributed by atoms with Gasteiger partial charge in [-0.3, -0.25) is 4.79 Å². The van der Waals surface area contributed by atoms with E-state index in [4.69, 9.17) is 9.26 Å². The number of carbonyl (C=O) groups is 1. The van der Waals surface area contributed by atoms with Crippen molar-refractivity contribution in [3.05, 3.63) is 82.4 Å². The molecule has 0 saturated carbocycles. The van der Waals surface area contributed by atoms with E-state index in [0.29, 0.717) is 28.5 Å². The second kappa shape index (κ2) is 8.90. The Labute approximate surface area is 199 Å². The van der Waals surface area contributed by atoms with Gasteiger partial charge in [-0.05, 0) is 43.7 Å². The van der Waals surface area contributed by atoms with Crippen LogP contribution in [0.4, 0.5) is 5.69 Å². The molecule has 0 radical (unpaired) electrons. The van der Waals surface area contributed by atoms with Gasteiger partial charge in [-0.1, -0.05) is 41.1 Å². The van der Waals surface area contributed by atoms with Crippen molar-refractivity contribution in [2.45, 2.75) is 20.4 Å². The average molecular weight is 470 g/mol. The van der Waals surface area contributed by atoms with Crippen molar-refractivity contribution in [3.63, 3.8) is 0 Å². The number of ether oxygens (including phenoxy) is 1. The van der Waals surface area contributed by atoms with Crippen molar-refractivity contribution in [1.82, 2.24) is 24.3 Å². The number of anilines is 1. The Morgan fingerprint density at radius 3 is 2.63 bits per heavy atom. The van der Waals surface area contributed by atoms with Crippen LogP contribution in [-0.4, -0.2) is 37.3 Å². The van der Waals surface area contributed by atoms with Gasteiger partial charge < -0.3 is 14.6 Å². The molecule has 0 spiro atoms. The zero-order valence-corrected chi connectivity index (χ0v) is 19.3. The van der Waals surface area contributed by atoms with Crippen LogP contribution < -0.4 is 15.7 Å². The van der Waals surface area contributed by atoms with Crippen molar-refractivity contribution in [1.29, 1.82) is 0 Å². The number of methoxy groups -OCH3 is 1. The lowest BCUT2D eigenvalue weighted by molar-refractivity contribution is -0.117. The third kappa shape index (κ3) is 4.29. The minimum atomic E-state index is -0.466. The van der Waals surface area contributed by atoms with Crippen molar-refractivity contribution in [2.75, 3.05) is 12.4 Å². The normalized spacial score (nSPS) is 11.1. The van der Waals surface area contributed by atoms with Crippen LogP contribution >= 0.6 is 0 Å². The molecule has 1 N–H and O–H groups in total. The van der Waals surface area contributed by atoms with Gasteiger partial charge in [0.15, 0.2) is 5.65 Å². The van der Waals surface area contributed by atoms with Gasteiger partial charge in [0.2, 0.25) is 11.7 Å². The fraction of sp³-hybridized carbons (Fsp3) is 0.160. The van der Waals surface area contributed by atoms with Gasteiger partial charge in [-0.15, -0.1) is 5.10 Å². The topological polar surface area (TPSA) is 117 Å². The molecule has 176 valence electrons. The molecule has 5 rings (SSSR count). The monoisotopic (exact) mass is 470 g/mol. The SMILES string of the molecule is COc1ccc(C)cc1NC(=O)Cn1nc2c(-c3nc(-c4ccc(C)cc4)no3)cccn2c1=O. The molecule has 0 bridgehead atoms. The maximum atomic E-state index is 12.9. The Bertz CT molecular complexity index is 1600. The van der Waals surface area contributed by atoms with Crippen LogP contribution in [0.3, 0.4) is 0 Å². The van der Waals surface area contributed by atoms with E-state index < -0.39 is 11.6 Å². The Hall–Kier alpha value is -4.73. The first kappa shape index (κ1) is 22.1. The minimum absolute atomic E-state index is 0.220. The number of fused-ring (bicyclic) bond motifs is 1. The van der Waals surface area contributed by atoms with Crippen LogP contribution in [0.2, 0.25) is 0 Å². The van der Waals surface area contributed by atoms with Gasteiger partial charge in [0, 0.05) is 11.8 Å². The third-order valence-electron chi connectivity index (χ3n) is 5.50. The summed E-state index contributed by atoms with van der Waals surface area (Å²) >= 11 is 0. The second-order valence-corrected chi connectivity index (χ2v) is 8.10. The van der Waals surface area contributed by atoms with Crippen molar-refractivity contribution in [3.8, 4) is 28.6 Å². The van der Waals surface area contributed by atoms with Crippen LogP contribution in [-0.2, 0) is 11.3 Å². The first-order valence-electron chi connectivity index (χ1n) is 10.9. The molecule has 0 aliphatic rings. The summed E-state index contributed by atoms with van der Waals surface area (Å²) in [6, 6.07) is 16.6. The number of nitrogens with one attached hydrogen (secondary N) is 1. The maximum absolute atomic E-state index is 12.9. The first-order valence-corrected chi connectivity index (χ1v) is 10.9. The number of carbonyl (C=O) groups excluding carboxylic acids is 1. The van der Waals surface area contributed by atoms with E-state index in [2.05, 4.69) is 20.6 Å². The van der Waals surface area contributed by atoms with Crippen LogP contribution in [0.25, 0.3) is 28.5 Å². The quantitative estimate of drug-likeness (QED) is 0.404. The second-order valence-electron chi connectivity index (χ2n) is 8.10. The van der Waals surface area contributed by atoms with E-state index in [9.17, 15) is 9.59 Å². The largest absolute Gasteiger partial charge is 0.495 e. The Kier molecular flexibility index (Phi) is 5.61. The van der Waals surface area contributed by atoms with Gasteiger partial charge in [0.05, 0.1) is 18.4 Å². The highest BCUT2D eigenvalue weighted by Gasteiger charge is 2.19. The molecular formula is C25H22N6O4.